The largest absolute Gasteiger partial charge is 0.465 e. The third-order valence-corrected chi connectivity index (χ3v) is 4.34. The second kappa shape index (κ2) is 9.68. The number of hydrogen-bond donors (Lipinski definition) is 5. The Kier molecular flexibility index (Phi) is 6.77. The number of pyridine rings is 2. The van der Waals surface area contributed by atoms with E-state index in [9.17, 15) is 18.4 Å². The molecule has 0 saturated heterocycles. The maximum Gasteiger partial charge on any atom is 0.404 e. The molecule has 11 nitrogen and oxygen atoms in total. The minimum Gasteiger partial charge on any atom is -0.465 e. The van der Waals surface area contributed by atoms with Gasteiger partial charge in [-0.05, 0) is 19.1 Å². The number of rotatable bonds is 9. The molecule has 0 aliphatic heterocycles. The van der Waals surface area contributed by atoms with E-state index in [1.807, 2.05) is 0 Å². The van der Waals surface area contributed by atoms with Crippen molar-refractivity contribution in [3.05, 3.63) is 59.7 Å². The van der Waals surface area contributed by atoms with Gasteiger partial charge in [0.2, 0.25) is 0 Å². The van der Waals surface area contributed by atoms with Crippen molar-refractivity contribution in [1.29, 1.82) is 0 Å². The lowest BCUT2D eigenvalue weighted by atomic mass is 10.2. The van der Waals surface area contributed by atoms with Crippen LogP contribution < -0.4 is 21.7 Å². The van der Waals surface area contributed by atoms with Gasteiger partial charge in [-0.25, -0.2) is 18.6 Å². The van der Waals surface area contributed by atoms with Gasteiger partial charge in [0.15, 0.2) is 11.6 Å². The van der Waals surface area contributed by atoms with Crippen LogP contribution >= 0.6 is 0 Å². The number of halogens is 2. The maximum absolute atomic E-state index is 14.7. The number of carboxylic acid groups (broad SMARTS) is 1. The molecule has 32 heavy (non-hydrogen) atoms. The number of primary amides is 1. The molecule has 2 amide bonds. The number of amides is 2. The van der Waals surface area contributed by atoms with Crippen LogP contribution in [-0.4, -0.2) is 49.4 Å². The van der Waals surface area contributed by atoms with Gasteiger partial charge in [-0.2, -0.15) is 5.10 Å². The number of nitrogens with two attached hydrogens (primary N) is 1. The SMILES string of the molecule is Cc1ncc(Nc2nc(NC(CNC(=O)O)Cn3cccn3)c(F)cc2C(N)=O)cc1F. The first-order valence-corrected chi connectivity index (χ1v) is 9.33. The van der Waals surface area contributed by atoms with E-state index in [2.05, 4.69) is 31.0 Å². The normalized spacial score (nSPS) is 11.6. The Hall–Kier alpha value is -4.29. The minimum absolute atomic E-state index is 0.0935. The number of aryl methyl sites for hydroxylation is 1. The molecule has 6 N–H and O–H groups in total. The van der Waals surface area contributed by atoms with Crippen molar-refractivity contribution in [3.63, 3.8) is 0 Å². The summed E-state index contributed by atoms with van der Waals surface area (Å²) in [5, 5.41) is 20.7. The highest BCUT2D eigenvalue weighted by Gasteiger charge is 2.20. The van der Waals surface area contributed by atoms with Crippen LogP contribution in [0.2, 0.25) is 0 Å². The standard InChI is InChI=1S/C19H20F2N8O3/c1-10-14(20)5-11(7-23-10)26-17-13(16(22)30)6-15(21)18(28-17)27-12(8-24-19(31)32)9-29-4-2-3-25-29/h2-7,12,24H,8-9H2,1H3,(H2,22,30)(H,31,32)(H2,26,27,28). The molecule has 0 aromatic carbocycles. The fourth-order valence-corrected chi connectivity index (χ4v) is 2.78. The molecular weight excluding hydrogens is 426 g/mol. The molecular formula is C19H20F2N8O3. The van der Waals surface area contributed by atoms with Gasteiger partial charge >= 0.3 is 6.09 Å². The molecule has 3 aromatic heterocycles. The summed E-state index contributed by atoms with van der Waals surface area (Å²) in [6, 6.07) is 3.05. The molecule has 3 heterocycles. The lowest BCUT2D eigenvalue weighted by Gasteiger charge is -2.21. The summed E-state index contributed by atoms with van der Waals surface area (Å²) in [5.41, 5.74) is 5.41. The monoisotopic (exact) mass is 446 g/mol. The zero-order valence-corrected chi connectivity index (χ0v) is 16.8. The number of nitrogens with one attached hydrogen (secondary N) is 3. The van der Waals surface area contributed by atoms with Crippen molar-refractivity contribution >= 4 is 29.3 Å². The predicted molar refractivity (Wildman–Crippen MR) is 111 cm³/mol. The maximum atomic E-state index is 14.7. The number of carbonyl (C=O) groups excluding carboxylic acids is 1. The second-order valence-corrected chi connectivity index (χ2v) is 6.75. The van der Waals surface area contributed by atoms with Crippen molar-refractivity contribution in [1.82, 2.24) is 25.1 Å². The summed E-state index contributed by atoms with van der Waals surface area (Å²) in [5.74, 6) is -2.84. The molecule has 0 aliphatic carbocycles. The molecule has 13 heteroatoms. The highest BCUT2D eigenvalue weighted by Crippen LogP contribution is 2.24. The molecule has 0 aliphatic rings. The molecule has 0 spiro atoms. The van der Waals surface area contributed by atoms with Crippen LogP contribution in [0.4, 0.5) is 30.9 Å². The first-order chi connectivity index (χ1) is 15.2. The van der Waals surface area contributed by atoms with Crippen LogP contribution in [-0.2, 0) is 6.54 Å². The van der Waals surface area contributed by atoms with E-state index >= 15 is 0 Å². The van der Waals surface area contributed by atoms with Crippen molar-refractivity contribution in [2.24, 2.45) is 5.73 Å². The van der Waals surface area contributed by atoms with E-state index in [1.54, 1.807) is 18.5 Å². The summed E-state index contributed by atoms with van der Waals surface area (Å²) in [4.78, 5) is 30.7. The smallest absolute Gasteiger partial charge is 0.404 e. The van der Waals surface area contributed by atoms with Crippen LogP contribution in [0.1, 0.15) is 16.1 Å². The Morgan fingerprint density at radius 1 is 1.25 bits per heavy atom. The molecule has 168 valence electrons. The molecule has 0 saturated carbocycles. The van der Waals surface area contributed by atoms with Gasteiger partial charge in [0.05, 0.1) is 35.7 Å². The van der Waals surface area contributed by atoms with Gasteiger partial charge < -0.3 is 26.8 Å². The lowest BCUT2D eigenvalue weighted by molar-refractivity contribution is 0.100. The zero-order valence-electron chi connectivity index (χ0n) is 16.8. The molecule has 0 radical (unpaired) electrons. The van der Waals surface area contributed by atoms with Crippen LogP contribution in [0, 0.1) is 18.6 Å². The van der Waals surface area contributed by atoms with Gasteiger partial charge in [0.25, 0.3) is 5.91 Å². The number of aromatic nitrogens is 4. The summed E-state index contributed by atoms with van der Waals surface area (Å²) in [6.45, 7) is 1.57. The summed E-state index contributed by atoms with van der Waals surface area (Å²) in [6.07, 6.45) is 3.25. The summed E-state index contributed by atoms with van der Waals surface area (Å²) < 4.78 is 30.1. The van der Waals surface area contributed by atoms with Crippen LogP contribution in [0.5, 0.6) is 0 Å². The average molecular weight is 446 g/mol. The van der Waals surface area contributed by atoms with Gasteiger partial charge in [-0.3, -0.25) is 14.5 Å². The number of carbonyl (C=O) groups is 2. The number of hydrogen-bond acceptors (Lipinski definition) is 7. The van der Waals surface area contributed by atoms with Crippen LogP contribution in [0.3, 0.4) is 0 Å². The van der Waals surface area contributed by atoms with E-state index in [1.165, 1.54) is 17.8 Å². The van der Waals surface area contributed by atoms with Crippen molar-refractivity contribution in [2.75, 3.05) is 17.2 Å². The highest BCUT2D eigenvalue weighted by molar-refractivity contribution is 5.98. The number of nitrogens with zero attached hydrogens (tertiary/aromatic N) is 4. The lowest BCUT2D eigenvalue weighted by Crippen LogP contribution is -2.39. The third kappa shape index (κ3) is 5.65. The fraction of sp³-hybridized carbons (Fsp3) is 0.211. The van der Waals surface area contributed by atoms with Gasteiger partial charge in [0, 0.05) is 25.0 Å². The summed E-state index contributed by atoms with van der Waals surface area (Å²) >= 11 is 0. The second-order valence-electron chi connectivity index (χ2n) is 6.75. The molecule has 3 rings (SSSR count). The van der Waals surface area contributed by atoms with E-state index in [-0.39, 0.29) is 41.7 Å². The molecule has 3 aromatic rings. The van der Waals surface area contributed by atoms with Crippen LogP contribution in [0.15, 0.2) is 36.8 Å². The Morgan fingerprint density at radius 3 is 2.66 bits per heavy atom. The Labute approximate surface area is 180 Å². The zero-order chi connectivity index (χ0) is 23.3. The van der Waals surface area contributed by atoms with Crippen LogP contribution in [0.25, 0.3) is 0 Å². The topological polar surface area (TPSA) is 160 Å². The first kappa shape index (κ1) is 22.4. The first-order valence-electron chi connectivity index (χ1n) is 9.33. The summed E-state index contributed by atoms with van der Waals surface area (Å²) in [7, 11) is 0. The Balaban J connectivity index is 1.91. The van der Waals surface area contributed by atoms with Gasteiger partial charge in [-0.15, -0.1) is 0 Å². The molecule has 1 unspecified atom stereocenters. The highest BCUT2D eigenvalue weighted by atomic mass is 19.1. The molecule has 0 fully saturated rings. The van der Waals surface area contributed by atoms with Crippen molar-refractivity contribution in [2.45, 2.75) is 19.5 Å². The predicted octanol–water partition coefficient (Wildman–Crippen LogP) is 1.85. The third-order valence-electron chi connectivity index (χ3n) is 4.34. The van der Waals surface area contributed by atoms with Gasteiger partial charge in [0.1, 0.15) is 11.6 Å². The number of anilines is 3. The Bertz CT molecular complexity index is 1120. The van der Waals surface area contributed by atoms with Crippen molar-refractivity contribution in [3.8, 4) is 0 Å². The van der Waals surface area contributed by atoms with Crippen molar-refractivity contribution < 1.29 is 23.5 Å². The van der Waals surface area contributed by atoms with E-state index in [4.69, 9.17) is 10.8 Å². The molecule has 0 bridgehead atoms. The average Bonchev–Trinajstić information content (AvgIpc) is 3.24. The minimum atomic E-state index is -1.26. The van der Waals surface area contributed by atoms with E-state index in [0.29, 0.717) is 0 Å². The Morgan fingerprint density at radius 2 is 2.03 bits per heavy atom. The fourth-order valence-electron chi connectivity index (χ4n) is 2.78. The van der Waals surface area contributed by atoms with E-state index < -0.39 is 29.7 Å². The van der Waals surface area contributed by atoms with Gasteiger partial charge in [-0.1, -0.05) is 0 Å². The van der Waals surface area contributed by atoms with E-state index in [0.717, 1.165) is 12.1 Å². The molecule has 1 atom stereocenters. The quantitative estimate of drug-likeness (QED) is 0.333.